The molecule has 0 saturated heterocycles. The van der Waals surface area contributed by atoms with Crippen LogP contribution >= 0.6 is 0 Å². The number of methoxy groups -OCH3 is 2. The summed E-state index contributed by atoms with van der Waals surface area (Å²) in [5.74, 6) is 0.894. The number of anilines is 3. The van der Waals surface area contributed by atoms with Crippen molar-refractivity contribution in [1.29, 1.82) is 0 Å². The molecule has 0 aliphatic rings. The standard InChI is InChI=1S/C25H21FN4O3/c1-32-21-10-11-22(23(13-21)33-2)30-24(31)17-4-3-5-20(12-17)29-25-27-14-18(15-28-25)16-6-8-19(26)9-7-16/h3-15H,1-2H3,(H,30,31)(H,27,28,29). The van der Waals surface area contributed by atoms with Crippen molar-refractivity contribution in [2.24, 2.45) is 0 Å². The number of aromatic nitrogens is 2. The Hall–Kier alpha value is -4.46. The summed E-state index contributed by atoms with van der Waals surface area (Å²) in [4.78, 5) is 21.4. The van der Waals surface area contributed by atoms with Gasteiger partial charge < -0.3 is 20.1 Å². The minimum absolute atomic E-state index is 0.297. The summed E-state index contributed by atoms with van der Waals surface area (Å²) >= 11 is 0. The predicted octanol–water partition coefficient (Wildman–Crippen LogP) is 5.30. The highest BCUT2D eigenvalue weighted by molar-refractivity contribution is 6.05. The van der Waals surface area contributed by atoms with Crippen LogP contribution in [0.3, 0.4) is 0 Å². The van der Waals surface area contributed by atoms with Gasteiger partial charge in [-0.25, -0.2) is 14.4 Å². The Bertz CT molecular complexity index is 1260. The van der Waals surface area contributed by atoms with Gasteiger partial charge in [0, 0.05) is 35.3 Å². The summed E-state index contributed by atoms with van der Waals surface area (Å²) in [5, 5.41) is 5.93. The summed E-state index contributed by atoms with van der Waals surface area (Å²) in [6.45, 7) is 0. The second-order valence-corrected chi connectivity index (χ2v) is 7.03. The van der Waals surface area contributed by atoms with E-state index < -0.39 is 0 Å². The first kappa shape index (κ1) is 21.8. The monoisotopic (exact) mass is 444 g/mol. The molecule has 3 aromatic carbocycles. The van der Waals surface area contributed by atoms with Crippen molar-refractivity contribution in [3.63, 3.8) is 0 Å². The summed E-state index contributed by atoms with van der Waals surface area (Å²) in [7, 11) is 3.09. The van der Waals surface area contributed by atoms with Crippen LogP contribution < -0.4 is 20.1 Å². The van der Waals surface area contributed by atoms with Crippen molar-refractivity contribution in [3.05, 3.63) is 90.5 Å². The van der Waals surface area contributed by atoms with Crippen LogP contribution in [0.15, 0.2) is 79.1 Å². The maximum atomic E-state index is 13.1. The molecule has 0 aliphatic carbocycles. The Labute approximate surface area is 190 Å². The summed E-state index contributed by atoms with van der Waals surface area (Å²) in [6.07, 6.45) is 3.30. The number of carbonyl (C=O) groups excluding carboxylic acids is 1. The lowest BCUT2D eigenvalue weighted by molar-refractivity contribution is 0.102. The third-order valence-corrected chi connectivity index (χ3v) is 4.87. The van der Waals surface area contributed by atoms with Crippen molar-refractivity contribution in [3.8, 4) is 22.6 Å². The van der Waals surface area contributed by atoms with Crippen LogP contribution in [0.1, 0.15) is 10.4 Å². The predicted molar refractivity (Wildman–Crippen MR) is 125 cm³/mol. The zero-order chi connectivity index (χ0) is 23.2. The van der Waals surface area contributed by atoms with Gasteiger partial charge in [-0.05, 0) is 48.0 Å². The largest absolute Gasteiger partial charge is 0.497 e. The van der Waals surface area contributed by atoms with E-state index >= 15 is 0 Å². The molecule has 2 N–H and O–H groups in total. The van der Waals surface area contributed by atoms with Gasteiger partial charge in [-0.2, -0.15) is 0 Å². The first-order valence-corrected chi connectivity index (χ1v) is 10.0. The molecule has 0 saturated carbocycles. The van der Waals surface area contributed by atoms with Crippen LogP contribution in [0, 0.1) is 5.82 Å². The highest BCUT2D eigenvalue weighted by atomic mass is 19.1. The van der Waals surface area contributed by atoms with Crippen molar-refractivity contribution in [2.45, 2.75) is 0 Å². The Balaban J connectivity index is 1.46. The molecule has 8 heteroatoms. The molecule has 166 valence electrons. The number of benzene rings is 3. The van der Waals surface area contributed by atoms with Gasteiger partial charge in [0.05, 0.1) is 19.9 Å². The second kappa shape index (κ2) is 9.78. The summed E-state index contributed by atoms with van der Waals surface area (Å²) in [6, 6.07) is 18.2. The minimum Gasteiger partial charge on any atom is -0.497 e. The fraction of sp³-hybridized carbons (Fsp3) is 0.0800. The van der Waals surface area contributed by atoms with E-state index in [-0.39, 0.29) is 11.7 Å². The van der Waals surface area contributed by atoms with Crippen molar-refractivity contribution in [1.82, 2.24) is 9.97 Å². The fourth-order valence-corrected chi connectivity index (χ4v) is 3.15. The first-order valence-electron chi connectivity index (χ1n) is 10.0. The summed E-state index contributed by atoms with van der Waals surface area (Å²) in [5.41, 5.74) is 3.21. The SMILES string of the molecule is COc1ccc(NC(=O)c2cccc(Nc3ncc(-c4ccc(F)cc4)cn3)c2)c(OC)c1. The van der Waals surface area contributed by atoms with Crippen LogP contribution in [0.4, 0.5) is 21.7 Å². The molecule has 0 radical (unpaired) electrons. The molecule has 0 spiro atoms. The van der Waals surface area contributed by atoms with E-state index in [9.17, 15) is 9.18 Å². The van der Waals surface area contributed by atoms with Crippen LogP contribution in [0.25, 0.3) is 11.1 Å². The average Bonchev–Trinajstić information content (AvgIpc) is 2.85. The maximum Gasteiger partial charge on any atom is 0.255 e. The maximum absolute atomic E-state index is 13.1. The molecular formula is C25H21FN4O3. The lowest BCUT2D eigenvalue weighted by atomic mass is 10.1. The Morgan fingerprint density at radius 1 is 0.879 bits per heavy atom. The molecular weight excluding hydrogens is 423 g/mol. The molecule has 33 heavy (non-hydrogen) atoms. The molecule has 1 aromatic heterocycles. The van der Waals surface area contributed by atoms with Gasteiger partial charge in [-0.15, -0.1) is 0 Å². The topological polar surface area (TPSA) is 85.4 Å². The third kappa shape index (κ3) is 5.24. The van der Waals surface area contributed by atoms with Crippen LogP contribution in [0.2, 0.25) is 0 Å². The Morgan fingerprint density at radius 3 is 2.33 bits per heavy atom. The molecule has 0 atom stereocenters. The quantitative estimate of drug-likeness (QED) is 0.403. The van der Waals surface area contributed by atoms with E-state index in [0.717, 1.165) is 11.1 Å². The van der Waals surface area contributed by atoms with Gasteiger partial charge in [0.1, 0.15) is 17.3 Å². The van der Waals surface area contributed by atoms with E-state index in [0.29, 0.717) is 34.4 Å². The van der Waals surface area contributed by atoms with E-state index in [2.05, 4.69) is 20.6 Å². The van der Waals surface area contributed by atoms with Gasteiger partial charge in [0.15, 0.2) is 0 Å². The van der Waals surface area contributed by atoms with Gasteiger partial charge in [-0.3, -0.25) is 4.79 Å². The number of hydrogen-bond acceptors (Lipinski definition) is 6. The number of ether oxygens (including phenoxy) is 2. The molecule has 0 aliphatic heterocycles. The van der Waals surface area contributed by atoms with Crippen LogP contribution in [0.5, 0.6) is 11.5 Å². The zero-order valence-corrected chi connectivity index (χ0v) is 18.0. The number of nitrogens with one attached hydrogen (secondary N) is 2. The second-order valence-electron chi connectivity index (χ2n) is 7.03. The molecule has 1 heterocycles. The zero-order valence-electron chi connectivity index (χ0n) is 18.0. The van der Waals surface area contributed by atoms with Gasteiger partial charge in [0.25, 0.3) is 5.91 Å². The fourth-order valence-electron chi connectivity index (χ4n) is 3.15. The van der Waals surface area contributed by atoms with E-state index in [1.54, 1.807) is 68.0 Å². The van der Waals surface area contributed by atoms with Gasteiger partial charge in [-0.1, -0.05) is 18.2 Å². The normalized spacial score (nSPS) is 10.4. The highest BCUT2D eigenvalue weighted by Crippen LogP contribution is 2.29. The van der Waals surface area contributed by atoms with E-state index in [4.69, 9.17) is 9.47 Å². The number of hydrogen-bond donors (Lipinski definition) is 2. The first-order chi connectivity index (χ1) is 16.1. The lowest BCUT2D eigenvalue weighted by Crippen LogP contribution is -2.13. The average molecular weight is 444 g/mol. The van der Waals surface area contributed by atoms with Crippen LogP contribution in [-0.4, -0.2) is 30.1 Å². The van der Waals surface area contributed by atoms with Gasteiger partial charge in [0.2, 0.25) is 5.95 Å². The highest BCUT2D eigenvalue weighted by Gasteiger charge is 2.12. The minimum atomic E-state index is -0.299. The molecule has 0 fully saturated rings. The number of amides is 1. The molecule has 4 rings (SSSR count). The lowest BCUT2D eigenvalue weighted by Gasteiger charge is -2.12. The Kier molecular flexibility index (Phi) is 6.45. The van der Waals surface area contributed by atoms with Crippen LogP contribution in [-0.2, 0) is 0 Å². The summed E-state index contributed by atoms with van der Waals surface area (Å²) < 4.78 is 23.6. The number of halogens is 1. The van der Waals surface area contributed by atoms with E-state index in [1.807, 2.05) is 6.07 Å². The van der Waals surface area contributed by atoms with Gasteiger partial charge >= 0.3 is 0 Å². The van der Waals surface area contributed by atoms with Crippen molar-refractivity contribution < 1.29 is 18.7 Å². The van der Waals surface area contributed by atoms with E-state index in [1.165, 1.54) is 19.2 Å². The molecule has 0 unspecified atom stereocenters. The Morgan fingerprint density at radius 2 is 1.64 bits per heavy atom. The molecule has 4 aromatic rings. The van der Waals surface area contributed by atoms with Crippen molar-refractivity contribution >= 4 is 23.2 Å². The molecule has 7 nitrogen and oxygen atoms in total. The number of rotatable bonds is 7. The third-order valence-electron chi connectivity index (χ3n) is 4.87. The molecule has 0 bridgehead atoms. The number of nitrogens with zero attached hydrogens (tertiary/aromatic N) is 2. The van der Waals surface area contributed by atoms with Crippen molar-refractivity contribution in [2.75, 3.05) is 24.9 Å². The number of carbonyl (C=O) groups is 1. The molecule has 1 amide bonds. The smallest absolute Gasteiger partial charge is 0.255 e.